The summed E-state index contributed by atoms with van der Waals surface area (Å²) >= 11 is 9.92. The summed E-state index contributed by atoms with van der Waals surface area (Å²) in [5, 5.41) is 19.4. The number of alkyl halides is 3. The Morgan fingerprint density at radius 2 is 1.74 bits per heavy atom. The monoisotopic (exact) mass is 419 g/mol. The standard InChI is InChI=1S/C16H20F3N5OS2/c1-3-4-13(26)22-21-10(2)14(11-5-7-12(25)8-6-11)23-24-15(27)20-9-16(17,18)19/h5-8,25H,3-4,9H2,1-2H3,(H,22,26)(H2,20,24,27). The largest absolute Gasteiger partial charge is 0.508 e. The lowest BCUT2D eigenvalue weighted by molar-refractivity contribution is -0.122. The van der Waals surface area contributed by atoms with Gasteiger partial charge in [0.05, 0.1) is 10.7 Å². The van der Waals surface area contributed by atoms with Crippen LogP contribution in [0.3, 0.4) is 0 Å². The van der Waals surface area contributed by atoms with Crippen molar-refractivity contribution < 1.29 is 18.3 Å². The number of nitrogens with one attached hydrogen (secondary N) is 3. The third-order valence-corrected chi connectivity index (χ3v) is 3.56. The minimum Gasteiger partial charge on any atom is -0.508 e. The van der Waals surface area contributed by atoms with Crippen LogP contribution in [0.1, 0.15) is 32.3 Å². The highest BCUT2D eigenvalue weighted by Crippen LogP contribution is 2.12. The summed E-state index contributed by atoms with van der Waals surface area (Å²) in [4.78, 5) is 0.553. The lowest BCUT2D eigenvalue weighted by Crippen LogP contribution is -2.39. The minimum atomic E-state index is -4.40. The van der Waals surface area contributed by atoms with E-state index in [0.29, 0.717) is 28.4 Å². The van der Waals surface area contributed by atoms with Crippen LogP contribution >= 0.6 is 24.4 Å². The van der Waals surface area contributed by atoms with E-state index in [1.807, 2.05) is 12.2 Å². The van der Waals surface area contributed by atoms with Crippen LogP contribution < -0.4 is 16.2 Å². The Labute approximate surface area is 165 Å². The number of aromatic hydroxyl groups is 1. The molecule has 0 unspecified atom stereocenters. The molecule has 1 aromatic rings. The van der Waals surface area contributed by atoms with Crippen LogP contribution in [-0.4, -0.2) is 39.4 Å². The van der Waals surface area contributed by atoms with Crippen molar-refractivity contribution in [1.29, 1.82) is 0 Å². The fraction of sp³-hybridized carbons (Fsp3) is 0.375. The minimum absolute atomic E-state index is 0.0604. The summed E-state index contributed by atoms with van der Waals surface area (Å²) in [6.07, 6.45) is -2.87. The van der Waals surface area contributed by atoms with Crippen LogP contribution in [-0.2, 0) is 0 Å². The molecule has 0 radical (unpaired) electrons. The highest BCUT2D eigenvalue weighted by molar-refractivity contribution is 7.80. The van der Waals surface area contributed by atoms with Crippen LogP contribution in [0.15, 0.2) is 34.5 Å². The second-order valence-electron chi connectivity index (χ2n) is 5.40. The van der Waals surface area contributed by atoms with Crippen molar-refractivity contribution in [1.82, 2.24) is 16.2 Å². The molecule has 0 saturated heterocycles. The van der Waals surface area contributed by atoms with Crippen LogP contribution in [0, 0.1) is 0 Å². The van der Waals surface area contributed by atoms with E-state index in [1.165, 1.54) is 12.1 Å². The summed E-state index contributed by atoms with van der Waals surface area (Å²) in [7, 11) is 0. The molecule has 6 nitrogen and oxygen atoms in total. The van der Waals surface area contributed by atoms with Crippen LogP contribution in [0.5, 0.6) is 5.75 Å². The van der Waals surface area contributed by atoms with Gasteiger partial charge < -0.3 is 10.4 Å². The first-order valence-electron chi connectivity index (χ1n) is 7.93. The topological polar surface area (TPSA) is 81.0 Å². The number of phenols is 1. The number of benzene rings is 1. The molecule has 0 amide bonds. The summed E-state index contributed by atoms with van der Waals surface area (Å²) in [6.45, 7) is 2.36. The fourth-order valence-corrected chi connectivity index (χ4v) is 2.15. The third kappa shape index (κ3) is 9.29. The Kier molecular flexibility index (Phi) is 9.09. The van der Waals surface area contributed by atoms with E-state index in [1.54, 1.807) is 19.1 Å². The number of hydrogen-bond donors (Lipinski definition) is 4. The Morgan fingerprint density at radius 3 is 2.30 bits per heavy atom. The highest BCUT2D eigenvalue weighted by atomic mass is 32.1. The van der Waals surface area contributed by atoms with Gasteiger partial charge in [0.2, 0.25) is 0 Å². The molecule has 11 heteroatoms. The molecule has 0 spiro atoms. The molecule has 0 atom stereocenters. The molecule has 0 aliphatic rings. The first-order chi connectivity index (χ1) is 12.6. The number of thiocarbonyl (C=S) groups is 2. The van der Waals surface area contributed by atoms with Gasteiger partial charge in [-0.15, -0.1) is 0 Å². The van der Waals surface area contributed by atoms with Crippen molar-refractivity contribution in [3.05, 3.63) is 29.8 Å². The van der Waals surface area contributed by atoms with Gasteiger partial charge in [0, 0.05) is 5.56 Å². The Morgan fingerprint density at radius 1 is 1.11 bits per heavy atom. The molecule has 27 heavy (non-hydrogen) atoms. The molecule has 0 bridgehead atoms. The van der Waals surface area contributed by atoms with Crippen molar-refractivity contribution in [2.24, 2.45) is 10.2 Å². The van der Waals surface area contributed by atoms with Gasteiger partial charge in [-0.05, 0) is 56.2 Å². The SMILES string of the molecule is CCCC(=S)NN=C(C)C(=NNC(=S)NCC(F)(F)F)c1ccc(O)cc1. The number of nitrogens with zero attached hydrogens (tertiary/aromatic N) is 2. The first kappa shape index (κ1) is 22.8. The van der Waals surface area contributed by atoms with Gasteiger partial charge in [-0.3, -0.25) is 10.9 Å². The number of hydrazone groups is 2. The van der Waals surface area contributed by atoms with E-state index in [-0.39, 0.29) is 10.9 Å². The molecular weight excluding hydrogens is 399 g/mol. The number of halogens is 3. The molecule has 0 aliphatic carbocycles. The molecule has 0 aromatic heterocycles. The number of phenolic OH excluding ortho intramolecular Hbond substituents is 1. The Balaban J connectivity index is 2.97. The average molecular weight is 419 g/mol. The molecular formula is C16H20F3N5OS2. The second kappa shape index (κ2) is 10.8. The smallest absolute Gasteiger partial charge is 0.405 e. The maximum Gasteiger partial charge on any atom is 0.405 e. The van der Waals surface area contributed by atoms with Crippen molar-refractivity contribution in [2.45, 2.75) is 32.9 Å². The molecule has 4 N–H and O–H groups in total. The van der Waals surface area contributed by atoms with Gasteiger partial charge in [0.25, 0.3) is 0 Å². The normalized spacial score (nSPS) is 12.5. The van der Waals surface area contributed by atoms with E-state index in [9.17, 15) is 18.3 Å². The Bertz CT molecular complexity index is 718. The second-order valence-corrected chi connectivity index (χ2v) is 6.30. The van der Waals surface area contributed by atoms with E-state index in [2.05, 4.69) is 21.1 Å². The molecule has 1 aromatic carbocycles. The molecule has 0 heterocycles. The van der Waals surface area contributed by atoms with E-state index < -0.39 is 12.7 Å². The average Bonchev–Trinajstić information content (AvgIpc) is 2.59. The summed E-state index contributed by atoms with van der Waals surface area (Å²) in [5.74, 6) is 0.0604. The third-order valence-electron chi connectivity index (χ3n) is 3.03. The summed E-state index contributed by atoms with van der Waals surface area (Å²) in [5.41, 5.74) is 6.42. The van der Waals surface area contributed by atoms with Gasteiger partial charge in [-0.2, -0.15) is 23.4 Å². The number of rotatable bonds is 7. The quantitative estimate of drug-likeness (QED) is 0.309. The summed E-state index contributed by atoms with van der Waals surface area (Å²) in [6, 6.07) is 6.08. The zero-order valence-electron chi connectivity index (χ0n) is 14.7. The lowest BCUT2D eigenvalue weighted by Gasteiger charge is -2.12. The zero-order chi connectivity index (χ0) is 20.4. The first-order valence-corrected chi connectivity index (χ1v) is 8.75. The lowest BCUT2D eigenvalue weighted by atomic mass is 10.1. The number of hydrogen-bond acceptors (Lipinski definition) is 5. The molecule has 0 aliphatic heterocycles. The van der Waals surface area contributed by atoms with Crippen molar-refractivity contribution in [3.63, 3.8) is 0 Å². The van der Waals surface area contributed by atoms with Crippen LogP contribution in [0.4, 0.5) is 13.2 Å². The fourth-order valence-electron chi connectivity index (χ4n) is 1.78. The van der Waals surface area contributed by atoms with Gasteiger partial charge in [-0.25, -0.2) is 0 Å². The molecule has 0 saturated carbocycles. The summed E-state index contributed by atoms with van der Waals surface area (Å²) < 4.78 is 36.7. The van der Waals surface area contributed by atoms with Gasteiger partial charge in [-0.1, -0.05) is 19.1 Å². The van der Waals surface area contributed by atoms with Gasteiger partial charge in [0.1, 0.15) is 18.0 Å². The predicted octanol–water partition coefficient (Wildman–Crippen LogP) is 3.22. The highest BCUT2D eigenvalue weighted by Gasteiger charge is 2.27. The van der Waals surface area contributed by atoms with Crippen molar-refractivity contribution in [3.8, 4) is 5.75 Å². The van der Waals surface area contributed by atoms with Crippen LogP contribution in [0.25, 0.3) is 0 Å². The maximum absolute atomic E-state index is 12.2. The van der Waals surface area contributed by atoms with Crippen molar-refractivity contribution in [2.75, 3.05) is 6.54 Å². The molecule has 0 fully saturated rings. The van der Waals surface area contributed by atoms with E-state index >= 15 is 0 Å². The van der Waals surface area contributed by atoms with E-state index in [4.69, 9.17) is 24.4 Å². The maximum atomic E-state index is 12.2. The molecule has 1 rings (SSSR count). The van der Waals surface area contributed by atoms with Gasteiger partial charge in [0.15, 0.2) is 5.11 Å². The zero-order valence-corrected chi connectivity index (χ0v) is 16.4. The van der Waals surface area contributed by atoms with E-state index in [0.717, 1.165) is 6.42 Å². The van der Waals surface area contributed by atoms with Crippen molar-refractivity contribution >= 4 is 46.0 Å². The molecule has 148 valence electrons. The van der Waals surface area contributed by atoms with Gasteiger partial charge >= 0.3 is 6.18 Å². The van der Waals surface area contributed by atoms with Crippen LogP contribution in [0.2, 0.25) is 0 Å². The Hall–Kier alpha value is -2.27. The predicted molar refractivity (Wildman–Crippen MR) is 108 cm³/mol.